The Morgan fingerprint density at radius 3 is 2.67 bits per heavy atom. The van der Waals surface area contributed by atoms with Crippen molar-refractivity contribution in [1.29, 1.82) is 0 Å². The van der Waals surface area contributed by atoms with E-state index in [0.29, 0.717) is 44.7 Å². The van der Waals surface area contributed by atoms with E-state index in [1.54, 1.807) is 0 Å². The minimum Gasteiger partial charge on any atom is -0.490 e. The van der Waals surface area contributed by atoms with Gasteiger partial charge in [-0.3, -0.25) is 4.79 Å². The van der Waals surface area contributed by atoms with Crippen LogP contribution in [0, 0.1) is 6.92 Å². The minimum atomic E-state index is 0. The molecule has 178 valence electrons. The van der Waals surface area contributed by atoms with Gasteiger partial charge in [0.05, 0.1) is 19.8 Å². The number of halogens is 1. The van der Waals surface area contributed by atoms with Gasteiger partial charge in [-0.1, -0.05) is 24.3 Å². The number of aliphatic imine (C=N–C) groups is 1. The number of anilines is 1. The number of carbonyl (C=O) groups is 1. The van der Waals surface area contributed by atoms with Crippen LogP contribution in [0.2, 0.25) is 0 Å². The van der Waals surface area contributed by atoms with E-state index >= 15 is 0 Å². The average molecular weight is 564 g/mol. The fourth-order valence-corrected chi connectivity index (χ4v) is 3.45. The van der Waals surface area contributed by atoms with Crippen LogP contribution in [0.3, 0.4) is 0 Å². The van der Waals surface area contributed by atoms with Crippen molar-refractivity contribution in [1.82, 2.24) is 10.6 Å². The maximum absolute atomic E-state index is 11.9. The number of aryl methyl sites for hydroxylation is 1. The van der Waals surface area contributed by atoms with Crippen LogP contribution in [-0.2, 0) is 11.3 Å². The summed E-state index contributed by atoms with van der Waals surface area (Å²) in [6.45, 7) is 4.62. The van der Waals surface area contributed by atoms with E-state index in [1.165, 1.54) is 11.1 Å². The van der Waals surface area contributed by atoms with E-state index in [1.807, 2.05) is 30.3 Å². The van der Waals surface area contributed by atoms with Crippen LogP contribution in [0.4, 0.5) is 5.69 Å². The molecule has 1 fully saturated rings. The van der Waals surface area contributed by atoms with E-state index in [-0.39, 0.29) is 29.9 Å². The zero-order valence-corrected chi connectivity index (χ0v) is 21.4. The zero-order chi connectivity index (χ0) is 22.2. The maximum Gasteiger partial charge on any atom is 0.220 e. The molecule has 2 aromatic carbocycles. The number of hydrogen-bond acceptors (Lipinski definition) is 4. The topological polar surface area (TPSA) is 84.0 Å². The smallest absolute Gasteiger partial charge is 0.220 e. The van der Waals surface area contributed by atoms with E-state index in [0.717, 1.165) is 42.9 Å². The van der Waals surface area contributed by atoms with Gasteiger partial charge in [-0.05, 0) is 49.4 Å². The van der Waals surface area contributed by atoms with Crippen molar-refractivity contribution in [3.63, 3.8) is 0 Å². The third kappa shape index (κ3) is 8.10. The van der Waals surface area contributed by atoms with Crippen molar-refractivity contribution in [3.05, 3.63) is 53.6 Å². The molecule has 3 N–H and O–H groups in total. The van der Waals surface area contributed by atoms with Crippen LogP contribution >= 0.6 is 24.0 Å². The molecule has 0 unspecified atom stereocenters. The summed E-state index contributed by atoms with van der Waals surface area (Å²) in [5, 5.41) is 9.76. The molecule has 0 spiro atoms. The molecule has 1 heterocycles. The summed E-state index contributed by atoms with van der Waals surface area (Å²) in [4.78, 5) is 16.7. The van der Waals surface area contributed by atoms with Gasteiger partial charge in [0, 0.05) is 37.2 Å². The van der Waals surface area contributed by atoms with Gasteiger partial charge in [0.2, 0.25) is 5.91 Å². The lowest BCUT2D eigenvalue weighted by Crippen LogP contribution is -2.33. The van der Waals surface area contributed by atoms with Gasteiger partial charge in [-0.2, -0.15) is 0 Å². The second kappa shape index (κ2) is 12.7. The predicted octanol–water partition coefficient (Wildman–Crippen LogP) is 4.39. The third-order valence-electron chi connectivity index (χ3n) is 5.49. The highest BCUT2D eigenvalue weighted by Gasteiger charge is 2.22. The van der Waals surface area contributed by atoms with Gasteiger partial charge in [0.15, 0.2) is 17.5 Å². The zero-order valence-electron chi connectivity index (χ0n) is 19.1. The molecule has 0 radical (unpaired) electrons. The summed E-state index contributed by atoms with van der Waals surface area (Å²) in [6.07, 6.45) is 4.35. The fourth-order valence-electron chi connectivity index (χ4n) is 3.45. The van der Waals surface area contributed by atoms with Gasteiger partial charge in [0.1, 0.15) is 0 Å². The van der Waals surface area contributed by atoms with Crippen LogP contribution in [0.25, 0.3) is 0 Å². The summed E-state index contributed by atoms with van der Waals surface area (Å²) < 4.78 is 11.5. The molecule has 1 aliphatic heterocycles. The number of guanidine groups is 1. The molecule has 8 heteroatoms. The second-order valence-corrected chi connectivity index (χ2v) is 8.30. The Bertz CT molecular complexity index is 962. The number of amides is 1. The quantitative estimate of drug-likeness (QED) is 0.192. The van der Waals surface area contributed by atoms with E-state index in [4.69, 9.17) is 14.5 Å². The molecule has 1 saturated carbocycles. The first kappa shape index (κ1) is 25.1. The van der Waals surface area contributed by atoms with Crippen molar-refractivity contribution in [2.24, 2.45) is 4.99 Å². The van der Waals surface area contributed by atoms with E-state index in [2.05, 4.69) is 35.0 Å². The first-order valence-corrected chi connectivity index (χ1v) is 11.5. The number of nitrogens with one attached hydrogen (secondary N) is 3. The van der Waals surface area contributed by atoms with Crippen molar-refractivity contribution in [2.45, 2.75) is 51.6 Å². The first-order valence-electron chi connectivity index (χ1n) is 11.5. The summed E-state index contributed by atoms with van der Waals surface area (Å²) in [7, 11) is 0. The van der Waals surface area contributed by atoms with Crippen LogP contribution in [0.5, 0.6) is 11.5 Å². The summed E-state index contributed by atoms with van der Waals surface area (Å²) in [6, 6.07) is 14.5. The standard InChI is InChI=1S/C25H32N4O3.HI/c1-18-6-2-3-7-19(18)17-27-25(26-13-4-8-24(30)28-20-9-10-20)29-21-11-12-22-23(16-21)32-15-5-14-31-22;/h2-3,6-7,11-12,16,20H,4-5,8-10,13-15,17H2,1H3,(H,28,30)(H2,26,27,29);1H. The normalized spacial score (nSPS) is 15.1. The molecular weight excluding hydrogens is 531 g/mol. The summed E-state index contributed by atoms with van der Waals surface area (Å²) >= 11 is 0. The SMILES string of the molecule is Cc1ccccc1CN=C(NCCCC(=O)NC1CC1)Nc1ccc2c(c1)OCCCO2.I. The highest BCUT2D eigenvalue weighted by Crippen LogP contribution is 2.32. The van der Waals surface area contributed by atoms with Crippen LogP contribution in [0.1, 0.15) is 43.2 Å². The molecular formula is C25H33IN4O3. The lowest BCUT2D eigenvalue weighted by atomic mass is 10.1. The van der Waals surface area contributed by atoms with Gasteiger partial charge in [0.25, 0.3) is 0 Å². The van der Waals surface area contributed by atoms with Crippen molar-refractivity contribution >= 4 is 41.5 Å². The molecule has 0 bridgehead atoms. The van der Waals surface area contributed by atoms with E-state index in [9.17, 15) is 4.79 Å². The van der Waals surface area contributed by atoms with Gasteiger partial charge >= 0.3 is 0 Å². The molecule has 0 atom stereocenters. The number of ether oxygens (including phenoxy) is 2. The Balaban J connectivity index is 0.00000306. The lowest BCUT2D eigenvalue weighted by Gasteiger charge is -2.15. The molecule has 4 rings (SSSR count). The first-order chi connectivity index (χ1) is 15.7. The number of rotatable bonds is 8. The fraction of sp³-hybridized carbons (Fsp3) is 0.440. The Labute approximate surface area is 212 Å². The minimum absolute atomic E-state index is 0. The molecule has 0 saturated heterocycles. The van der Waals surface area contributed by atoms with Crippen molar-refractivity contribution in [2.75, 3.05) is 25.1 Å². The second-order valence-electron chi connectivity index (χ2n) is 8.30. The number of carbonyl (C=O) groups excluding carboxylic acids is 1. The van der Waals surface area contributed by atoms with Crippen LogP contribution in [0.15, 0.2) is 47.5 Å². The number of benzene rings is 2. The average Bonchev–Trinajstić information content (AvgIpc) is 3.62. The van der Waals surface area contributed by atoms with E-state index < -0.39 is 0 Å². The largest absolute Gasteiger partial charge is 0.490 e. The maximum atomic E-state index is 11.9. The van der Waals surface area contributed by atoms with Gasteiger partial charge in [-0.25, -0.2) is 4.99 Å². The highest BCUT2D eigenvalue weighted by molar-refractivity contribution is 14.0. The van der Waals surface area contributed by atoms with Gasteiger partial charge in [-0.15, -0.1) is 24.0 Å². The molecule has 0 aromatic heterocycles. The van der Waals surface area contributed by atoms with Gasteiger partial charge < -0.3 is 25.4 Å². The van der Waals surface area contributed by atoms with Crippen LogP contribution < -0.4 is 25.4 Å². The molecule has 33 heavy (non-hydrogen) atoms. The third-order valence-corrected chi connectivity index (χ3v) is 5.49. The monoisotopic (exact) mass is 564 g/mol. The molecule has 2 aromatic rings. The summed E-state index contributed by atoms with van der Waals surface area (Å²) in [5.41, 5.74) is 3.26. The number of nitrogens with zero attached hydrogens (tertiary/aromatic N) is 1. The number of hydrogen-bond donors (Lipinski definition) is 3. The Kier molecular flexibility index (Phi) is 9.65. The van der Waals surface area contributed by atoms with Crippen LogP contribution in [-0.4, -0.2) is 37.7 Å². The molecule has 2 aliphatic rings. The summed E-state index contributed by atoms with van der Waals surface area (Å²) in [5.74, 6) is 2.30. The lowest BCUT2D eigenvalue weighted by molar-refractivity contribution is -0.121. The van der Waals surface area contributed by atoms with Crippen molar-refractivity contribution in [3.8, 4) is 11.5 Å². The Morgan fingerprint density at radius 1 is 1.09 bits per heavy atom. The predicted molar refractivity (Wildman–Crippen MR) is 142 cm³/mol. The Hall–Kier alpha value is -2.49. The molecule has 1 amide bonds. The molecule has 1 aliphatic carbocycles. The van der Waals surface area contributed by atoms with Crippen molar-refractivity contribution < 1.29 is 14.3 Å². The highest BCUT2D eigenvalue weighted by atomic mass is 127. The Morgan fingerprint density at radius 2 is 1.88 bits per heavy atom. The molecule has 7 nitrogen and oxygen atoms in total. The number of fused-ring (bicyclic) bond motifs is 1.